The molecule has 0 N–H and O–H groups in total. The number of aromatic nitrogens is 2. The van der Waals surface area contributed by atoms with Crippen LogP contribution >= 0.6 is 0 Å². The van der Waals surface area contributed by atoms with Crippen molar-refractivity contribution in [3.8, 4) is 11.1 Å². The topological polar surface area (TPSA) is 63.2 Å². The van der Waals surface area contributed by atoms with Crippen molar-refractivity contribution < 1.29 is 9.59 Å². The van der Waals surface area contributed by atoms with Crippen LogP contribution in [0.5, 0.6) is 0 Å². The fraction of sp³-hybridized carbons (Fsp3) is 0.0476. The molecule has 2 aromatic carbocycles. The molecule has 0 spiro atoms. The van der Waals surface area contributed by atoms with Crippen LogP contribution in [0.4, 0.5) is 5.69 Å². The number of Topliss-reactive ketones (excluding diaryl/α,β-unsaturated/α-hetero) is 1. The maximum absolute atomic E-state index is 12.4. The van der Waals surface area contributed by atoms with Crippen molar-refractivity contribution >= 4 is 23.5 Å². The van der Waals surface area contributed by atoms with Gasteiger partial charge in [0.2, 0.25) is 0 Å². The van der Waals surface area contributed by atoms with E-state index in [1.54, 1.807) is 24.5 Å². The summed E-state index contributed by atoms with van der Waals surface area (Å²) in [6.07, 6.45) is 8.62. The van der Waals surface area contributed by atoms with Gasteiger partial charge in [0.1, 0.15) is 6.33 Å². The highest BCUT2D eigenvalue weighted by molar-refractivity contribution is 6.52. The highest BCUT2D eigenvalue weighted by Gasteiger charge is 2.35. The van der Waals surface area contributed by atoms with Crippen molar-refractivity contribution in [2.45, 2.75) is 0 Å². The van der Waals surface area contributed by atoms with Gasteiger partial charge in [-0.05, 0) is 23.3 Å². The van der Waals surface area contributed by atoms with Gasteiger partial charge >= 0.3 is 0 Å². The van der Waals surface area contributed by atoms with E-state index < -0.39 is 11.7 Å². The Morgan fingerprint density at radius 2 is 1.69 bits per heavy atom. The average molecular weight is 341 g/mol. The normalized spacial score (nSPS) is 13.5. The molecule has 0 saturated carbocycles. The SMILES string of the molecule is O=C1C(=O)N(C/C=C/c2ccccc2)c2ccc(-c3cncnc3)cc21. The van der Waals surface area contributed by atoms with E-state index in [1.807, 2.05) is 48.6 Å². The molecule has 0 atom stereocenters. The summed E-state index contributed by atoms with van der Waals surface area (Å²) in [6.45, 7) is 0.347. The molecular weight excluding hydrogens is 326 g/mol. The van der Waals surface area contributed by atoms with Crippen LogP contribution in [0.25, 0.3) is 17.2 Å². The van der Waals surface area contributed by atoms with E-state index in [1.165, 1.54) is 11.2 Å². The molecule has 5 heteroatoms. The van der Waals surface area contributed by atoms with Crippen LogP contribution in [0.3, 0.4) is 0 Å². The number of fused-ring (bicyclic) bond motifs is 1. The van der Waals surface area contributed by atoms with Gasteiger partial charge in [0, 0.05) is 24.5 Å². The zero-order chi connectivity index (χ0) is 17.9. The molecule has 1 aliphatic heterocycles. The highest BCUT2D eigenvalue weighted by Crippen LogP contribution is 2.32. The lowest BCUT2D eigenvalue weighted by atomic mass is 10.0. The van der Waals surface area contributed by atoms with E-state index in [0.29, 0.717) is 17.8 Å². The molecule has 3 aromatic rings. The number of nitrogens with zero attached hydrogens (tertiary/aromatic N) is 3. The van der Waals surface area contributed by atoms with Crippen LogP contribution in [-0.2, 0) is 4.79 Å². The van der Waals surface area contributed by atoms with Crippen LogP contribution < -0.4 is 4.90 Å². The summed E-state index contributed by atoms with van der Waals surface area (Å²) in [5.74, 6) is -0.981. The first kappa shape index (κ1) is 15.9. The molecule has 1 amide bonds. The number of carbonyl (C=O) groups is 2. The first-order valence-electron chi connectivity index (χ1n) is 8.21. The van der Waals surface area contributed by atoms with Crippen molar-refractivity contribution in [2.24, 2.45) is 0 Å². The summed E-state index contributed by atoms with van der Waals surface area (Å²) in [6, 6.07) is 15.2. The third kappa shape index (κ3) is 2.91. The lowest BCUT2D eigenvalue weighted by Gasteiger charge is -2.14. The summed E-state index contributed by atoms with van der Waals surface area (Å²) in [5.41, 5.74) is 3.72. The predicted octanol–water partition coefficient (Wildman–Crippen LogP) is 3.39. The molecule has 1 aromatic heterocycles. The lowest BCUT2D eigenvalue weighted by Crippen LogP contribution is -2.29. The Morgan fingerprint density at radius 1 is 0.923 bits per heavy atom. The molecule has 4 rings (SSSR count). The summed E-state index contributed by atoms with van der Waals surface area (Å²) in [4.78, 5) is 34.2. The molecule has 0 saturated heterocycles. The second-order valence-corrected chi connectivity index (χ2v) is 5.92. The lowest BCUT2D eigenvalue weighted by molar-refractivity contribution is -0.114. The smallest absolute Gasteiger partial charge is 0.299 e. The predicted molar refractivity (Wildman–Crippen MR) is 99.6 cm³/mol. The van der Waals surface area contributed by atoms with E-state index in [4.69, 9.17) is 0 Å². The minimum Gasteiger partial charge on any atom is -0.301 e. The molecule has 26 heavy (non-hydrogen) atoms. The molecule has 0 bridgehead atoms. The first-order chi connectivity index (χ1) is 12.7. The fourth-order valence-corrected chi connectivity index (χ4v) is 2.97. The first-order valence-corrected chi connectivity index (χ1v) is 8.21. The second kappa shape index (κ2) is 6.72. The summed E-state index contributed by atoms with van der Waals surface area (Å²) >= 11 is 0. The highest BCUT2D eigenvalue weighted by atomic mass is 16.2. The van der Waals surface area contributed by atoms with E-state index in [-0.39, 0.29) is 0 Å². The van der Waals surface area contributed by atoms with Crippen molar-refractivity contribution in [2.75, 3.05) is 11.4 Å². The number of benzene rings is 2. The maximum atomic E-state index is 12.4. The van der Waals surface area contributed by atoms with Crippen LogP contribution in [-0.4, -0.2) is 28.2 Å². The average Bonchev–Trinajstić information content (AvgIpc) is 2.94. The molecule has 0 unspecified atom stereocenters. The number of hydrogen-bond donors (Lipinski definition) is 0. The number of carbonyl (C=O) groups excluding carboxylic acids is 2. The Balaban J connectivity index is 1.61. The maximum Gasteiger partial charge on any atom is 0.299 e. The van der Waals surface area contributed by atoms with Crippen molar-refractivity contribution in [3.05, 3.63) is 84.5 Å². The van der Waals surface area contributed by atoms with E-state index in [2.05, 4.69) is 9.97 Å². The molecular formula is C21H15N3O2. The second-order valence-electron chi connectivity index (χ2n) is 5.92. The minimum atomic E-state index is -0.501. The van der Waals surface area contributed by atoms with Gasteiger partial charge in [-0.15, -0.1) is 0 Å². The van der Waals surface area contributed by atoms with Gasteiger partial charge in [0.25, 0.3) is 11.7 Å². The minimum absolute atomic E-state index is 0.347. The Bertz CT molecular complexity index is 998. The van der Waals surface area contributed by atoms with Crippen LogP contribution in [0.15, 0.2) is 73.3 Å². The largest absolute Gasteiger partial charge is 0.301 e. The molecule has 5 nitrogen and oxygen atoms in total. The van der Waals surface area contributed by atoms with Crippen molar-refractivity contribution in [1.82, 2.24) is 9.97 Å². The summed E-state index contributed by atoms with van der Waals surface area (Å²) in [5, 5.41) is 0. The van der Waals surface area contributed by atoms with Crippen molar-refractivity contribution in [1.29, 1.82) is 0 Å². The van der Waals surface area contributed by atoms with E-state index in [0.717, 1.165) is 16.7 Å². The third-order valence-corrected chi connectivity index (χ3v) is 4.26. The van der Waals surface area contributed by atoms with Gasteiger partial charge in [-0.1, -0.05) is 48.6 Å². The van der Waals surface area contributed by atoms with Gasteiger partial charge in [0.15, 0.2) is 0 Å². The molecule has 0 fully saturated rings. The van der Waals surface area contributed by atoms with Crippen LogP contribution in [0, 0.1) is 0 Å². The quantitative estimate of drug-likeness (QED) is 0.683. The number of hydrogen-bond acceptors (Lipinski definition) is 4. The molecule has 1 aliphatic rings. The zero-order valence-electron chi connectivity index (χ0n) is 13.9. The van der Waals surface area contributed by atoms with Gasteiger partial charge < -0.3 is 4.90 Å². The van der Waals surface area contributed by atoms with Gasteiger partial charge in [-0.3, -0.25) is 9.59 Å². The standard InChI is InChI=1S/C21H15N3O2/c25-20-18-11-16(17-12-22-14-23-13-17)8-9-19(18)24(21(20)26)10-4-7-15-5-2-1-3-6-15/h1-9,11-14H,10H2/b7-4+. The Labute approximate surface area is 150 Å². The molecule has 0 aliphatic carbocycles. The Morgan fingerprint density at radius 3 is 2.46 bits per heavy atom. The van der Waals surface area contributed by atoms with Gasteiger partial charge in [-0.2, -0.15) is 0 Å². The Hall–Kier alpha value is -3.60. The number of rotatable bonds is 4. The van der Waals surface area contributed by atoms with Crippen LogP contribution in [0.1, 0.15) is 15.9 Å². The zero-order valence-corrected chi connectivity index (χ0v) is 13.9. The van der Waals surface area contributed by atoms with Crippen molar-refractivity contribution in [3.63, 3.8) is 0 Å². The van der Waals surface area contributed by atoms with Gasteiger partial charge in [0.05, 0.1) is 11.3 Å². The Kier molecular flexibility index (Phi) is 4.11. The van der Waals surface area contributed by atoms with Gasteiger partial charge in [-0.25, -0.2) is 9.97 Å². The van der Waals surface area contributed by atoms with Crippen LogP contribution in [0.2, 0.25) is 0 Å². The number of amides is 1. The summed E-state index contributed by atoms with van der Waals surface area (Å²) < 4.78 is 0. The summed E-state index contributed by atoms with van der Waals surface area (Å²) in [7, 11) is 0. The molecule has 0 radical (unpaired) electrons. The third-order valence-electron chi connectivity index (χ3n) is 4.26. The van der Waals surface area contributed by atoms with E-state index in [9.17, 15) is 9.59 Å². The number of anilines is 1. The monoisotopic (exact) mass is 341 g/mol. The van der Waals surface area contributed by atoms with E-state index >= 15 is 0 Å². The molecule has 126 valence electrons. The fourth-order valence-electron chi connectivity index (χ4n) is 2.97. The number of ketones is 1. The molecule has 2 heterocycles.